The van der Waals surface area contributed by atoms with Crippen LogP contribution in [0, 0.1) is 0 Å². The summed E-state index contributed by atoms with van der Waals surface area (Å²) < 4.78 is 27.6. The monoisotopic (exact) mass is 249 g/mol. The first-order chi connectivity index (χ1) is 6.68. The first-order valence-corrected chi connectivity index (χ1v) is 6.80. The van der Waals surface area contributed by atoms with Crippen LogP contribution in [0.25, 0.3) is 0 Å². The smallest absolute Gasteiger partial charge is 0.261 e. The summed E-state index contributed by atoms with van der Waals surface area (Å²) in [5.74, 6) is 0.0914. The molecule has 0 saturated heterocycles. The third kappa shape index (κ3) is 4.61. The zero-order valence-electron chi connectivity index (χ0n) is 9.03. The fourth-order valence-corrected chi connectivity index (χ4v) is 2.72. The van der Waals surface area contributed by atoms with Crippen molar-refractivity contribution >= 4 is 27.2 Å². The number of rotatable bonds is 1. The number of nitrogens with one attached hydrogen (secondary N) is 1. The molecule has 0 saturated carbocycles. The average Bonchev–Trinajstić information content (AvgIpc) is 2.25. The van der Waals surface area contributed by atoms with Crippen LogP contribution in [0.4, 0.5) is 0 Å². The summed E-state index contributed by atoms with van der Waals surface area (Å²) in [4.78, 5) is 0. The van der Waals surface area contributed by atoms with Crippen molar-refractivity contribution < 1.29 is 13.2 Å². The maximum atomic E-state index is 11.1. The Hall–Kier alpha value is -0.620. The number of ether oxygens (including phenoxy) is 1. The molecule has 4 nitrogen and oxygen atoms in total. The van der Waals surface area contributed by atoms with E-state index < -0.39 is 9.84 Å². The summed E-state index contributed by atoms with van der Waals surface area (Å²) in [5, 5.41) is 3.00. The van der Waals surface area contributed by atoms with E-state index in [1.54, 1.807) is 6.08 Å². The van der Waals surface area contributed by atoms with Gasteiger partial charge in [-0.05, 0) is 39.1 Å². The van der Waals surface area contributed by atoms with E-state index in [-0.39, 0.29) is 22.3 Å². The molecule has 15 heavy (non-hydrogen) atoms. The van der Waals surface area contributed by atoms with E-state index >= 15 is 0 Å². The van der Waals surface area contributed by atoms with Gasteiger partial charge < -0.3 is 10.1 Å². The van der Waals surface area contributed by atoms with Crippen molar-refractivity contribution in [2.45, 2.75) is 26.4 Å². The highest BCUT2D eigenvalue weighted by molar-refractivity contribution is 7.92. The molecule has 0 aliphatic carbocycles. The van der Waals surface area contributed by atoms with Crippen LogP contribution in [0.5, 0.6) is 0 Å². The van der Waals surface area contributed by atoms with Gasteiger partial charge in [0.25, 0.3) is 5.17 Å². The lowest BCUT2D eigenvalue weighted by Crippen LogP contribution is -2.32. The summed E-state index contributed by atoms with van der Waals surface area (Å²) in [6.45, 7) is 5.63. The van der Waals surface area contributed by atoms with E-state index in [2.05, 4.69) is 5.32 Å². The van der Waals surface area contributed by atoms with Gasteiger partial charge in [-0.3, -0.25) is 0 Å². The molecule has 86 valence electrons. The van der Waals surface area contributed by atoms with Crippen molar-refractivity contribution in [3.05, 3.63) is 11.8 Å². The van der Waals surface area contributed by atoms with E-state index in [0.717, 1.165) is 0 Å². The zero-order chi connectivity index (χ0) is 11.7. The number of hydrogen-bond donors (Lipinski definition) is 1. The van der Waals surface area contributed by atoms with Gasteiger partial charge in [0.2, 0.25) is 0 Å². The van der Waals surface area contributed by atoms with Gasteiger partial charge in [-0.1, -0.05) is 0 Å². The standard InChI is InChI=1S/C9H15NO3S2/c1-9(2,3)13-8(14)10-7-4-5-15(11,12)6-7/h4H,5-6H2,1-3H3,(H,10,14). The number of hydrogen-bond acceptors (Lipinski definition) is 4. The van der Waals surface area contributed by atoms with Crippen LogP contribution in [-0.4, -0.2) is 30.7 Å². The van der Waals surface area contributed by atoms with Crippen molar-refractivity contribution in [1.29, 1.82) is 0 Å². The lowest BCUT2D eigenvalue weighted by Gasteiger charge is -2.22. The Morgan fingerprint density at radius 3 is 2.53 bits per heavy atom. The van der Waals surface area contributed by atoms with E-state index in [4.69, 9.17) is 17.0 Å². The highest BCUT2D eigenvalue weighted by Crippen LogP contribution is 2.11. The van der Waals surface area contributed by atoms with Crippen LogP contribution >= 0.6 is 12.2 Å². The van der Waals surface area contributed by atoms with E-state index in [1.165, 1.54) is 0 Å². The Balaban J connectivity index is 2.48. The van der Waals surface area contributed by atoms with E-state index in [1.807, 2.05) is 20.8 Å². The average molecular weight is 249 g/mol. The molecule has 0 fully saturated rings. The Morgan fingerprint density at radius 1 is 1.53 bits per heavy atom. The summed E-state index contributed by atoms with van der Waals surface area (Å²) in [5.41, 5.74) is 0.228. The molecule has 1 N–H and O–H groups in total. The molecule has 0 atom stereocenters. The highest BCUT2D eigenvalue weighted by atomic mass is 32.2. The van der Waals surface area contributed by atoms with Crippen LogP contribution in [0.3, 0.4) is 0 Å². The normalized spacial score (nSPS) is 19.5. The van der Waals surface area contributed by atoms with Crippen molar-refractivity contribution in [1.82, 2.24) is 5.32 Å². The lowest BCUT2D eigenvalue weighted by atomic mass is 10.2. The lowest BCUT2D eigenvalue weighted by molar-refractivity contribution is 0.116. The van der Waals surface area contributed by atoms with Crippen molar-refractivity contribution in [3.63, 3.8) is 0 Å². The SMILES string of the molecule is CC(C)(C)OC(=S)NC1=CCS(=O)(=O)C1. The van der Waals surface area contributed by atoms with Crippen LogP contribution in [0.15, 0.2) is 11.8 Å². The summed E-state index contributed by atoms with van der Waals surface area (Å²) in [7, 11) is -2.96. The minimum atomic E-state index is -2.96. The molecule has 0 spiro atoms. The fraction of sp³-hybridized carbons (Fsp3) is 0.667. The maximum Gasteiger partial charge on any atom is 0.261 e. The minimum Gasteiger partial charge on any atom is -0.465 e. The van der Waals surface area contributed by atoms with Gasteiger partial charge in [0.15, 0.2) is 9.84 Å². The van der Waals surface area contributed by atoms with E-state index in [9.17, 15) is 8.42 Å². The second-order valence-electron chi connectivity index (χ2n) is 4.41. The molecule has 1 heterocycles. The molecule has 6 heteroatoms. The molecular weight excluding hydrogens is 234 g/mol. The molecule has 0 aromatic rings. The molecule has 1 aliphatic rings. The molecule has 0 aromatic heterocycles. The molecule has 1 rings (SSSR count). The molecule has 0 unspecified atom stereocenters. The minimum absolute atomic E-state index is 0.0145. The molecule has 1 aliphatic heterocycles. The molecule has 0 radical (unpaired) electrons. The Bertz CT molecular complexity index is 390. The van der Waals surface area contributed by atoms with Crippen LogP contribution in [0.2, 0.25) is 0 Å². The van der Waals surface area contributed by atoms with Gasteiger partial charge in [0, 0.05) is 5.70 Å². The Kier molecular flexibility index (Phi) is 3.40. The largest absolute Gasteiger partial charge is 0.465 e. The Morgan fingerprint density at radius 2 is 2.13 bits per heavy atom. The third-order valence-electron chi connectivity index (χ3n) is 1.62. The highest BCUT2D eigenvalue weighted by Gasteiger charge is 2.21. The summed E-state index contributed by atoms with van der Waals surface area (Å²) in [6.07, 6.45) is 1.62. The zero-order valence-corrected chi connectivity index (χ0v) is 10.7. The van der Waals surface area contributed by atoms with Crippen molar-refractivity contribution in [3.8, 4) is 0 Å². The van der Waals surface area contributed by atoms with E-state index in [0.29, 0.717) is 5.70 Å². The molecule has 0 amide bonds. The van der Waals surface area contributed by atoms with Crippen molar-refractivity contribution in [2.75, 3.05) is 11.5 Å². The Labute approximate surface area is 95.6 Å². The van der Waals surface area contributed by atoms with Crippen LogP contribution in [0.1, 0.15) is 20.8 Å². The first kappa shape index (κ1) is 12.4. The maximum absolute atomic E-state index is 11.1. The third-order valence-corrected chi connectivity index (χ3v) is 3.23. The molecule has 0 aromatic carbocycles. The predicted molar refractivity (Wildman–Crippen MR) is 63.3 cm³/mol. The molecular formula is C9H15NO3S2. The van der Waals surface area contributed by atoms with Gasteiger partial charge in [-0.2, -0.15) is 0 Å². The van der Waals surface area contributed by atoms with Gasteiger partial charge in [-0.25, -0.2) is 8.42 Å². The first-order valence-electron chi connectivity index (χ1n) is 4.57. The second-order valence-corrected chi connectivity index (χ2v) is 6.89. The quantitative estimate of drug-likeness (QED) is 0.702. The summed E-state index contributed by atoms with van der Waals surface area (Å²) >= 11 is 4.94. The van der Waals surface area contributed by atoms with Crippen LogP contribution in [-0.2, 0) is 14.6 Å². The second kappa shape index (κ2) is 4.09. The van der Waals surface area contributed by atoms with Gasteiger partial charge in [0.05, 0.1) is 11.5 Å². The predicted octanol–water partition coefficient (Wildman–Crippen LogP) is 0.988. The number of sulfone groups is 1. The van der Waals surface area contributed by atoms with Gasteiger partial charge in [-0.15, -0.1) is 0 Å². The van der Waals surface area contributed by atoms with Crippen molar-refractivity contribution in [2.24, 2.45) is 0 Å². The van der Waals surface area contributed by atoms with Crippen LogP contribution < -0.4 is 5.32 Å². The van der Waals surface area contributed by atoms with Gasteiger partial charge in [0.1, 0.15) is 5.60 Å². The topological polar surface area (TPSA) is 55.4 Å². The fourth-order valence-electron chi connectivity index (χ4n) is 1.10. The van der Waals surface area contributed by atoms with Gasteiger partial charge >= 0.3 is 0 Å². The number of thiocarbonyl (C=S) groups is 1. The summed E-state index contributed by atoms with van der Waals surface area (Å²) in [6, 6.07) is 0. The molecule has 0 bridgehead atoms.